The monoisotopic (exact) mass is 345 g/mol. The topological polar surface area (TPSA) is 72.6 Å². The summed E-state index contributed by atoms with van der Waals surface area (Å²) in [4.78, 5) is 15.5. The van der Waals surface area contributed by atoms with Crippen LogP contribution in [-0.2, 0) is 4.79 Å². The Hall–Kier alpha value is -3.22. The van der Waals surface area contributed by atoms with E-state index < -0.39 is 12.6 Å². The number of carboxylic acids is 1. The fourth-order valence-electron chi connectivity index (χ4n) is 2.35. The maximum Gasteiger partial charge on any atom is 0.387 e. The number of hydrogen-bond acceptors (Lipinski definition) is 4. The molecule has 128 valence electrons. The number of alkyl halides is 2. The number of benzene rings is 2. The smallest absolute Gasteiger partial charge is 0.387 e. The number of oxazole rings is 1. The number of halogens is 2. The van der Waals surface area contributed by atoms with Gasteiger partial charge in [0.15, 0.2) is 5.58 Å². The molecule has 0 bridgehead atoms. The highest BCUT2D eigenvalue weighted by atomic mass is 19.3. The Morgan fingerprint density at radius 1 is 1.20 bits per heavy atom. The van der Waals surface area contributed by atoms with Gasteiger partial charge in [-0.15, -0.1) is 0 Å². The number of nitrogens with zero attached hydrogens (tertiary/aromatic N) is 1. The zero-order chi connectivity index (χ0) is 17.8. The molecule has 0 fully saturated rings. The highest BCUT2D eigenvalue weighted by Gasteiger charge is 2.16. The Morgan fingerprint density at radius 3 is 2.64 bits per heavy atom. The fraction of sp³-hybridized carbons (Fsp3) is 0.111. The lowest BCUT2D eigenvalue weighted by molar-refractivity contribution is -0.135. The van der Waals surface area contributed by atoms with Gasteiger partial charge in [0.25, 0.3) is 0 Å². The number of carbonyl (C=O) groups is 1. The molecule has 0 spiro atoms. The van der Waals surface area contributed by atoms with Crippen LogP contribution in [0.2, 0.25) is 0 Å². The average Bonchev–Trinajstić information content (AvgIpc) is 2.99. The van der Waals surface area contributed by atoms with Crippen LogP contribution in [0.1, 0.15) is 17.9 Å². The first-order valence-electron chi connectivity index (χ1n) is 7.35. The number of aromatic nitrogens is 1. The van der Waals surface area contributed by atoms with Crippen molar-refractivity contribution in [2.45, 2.75) is 13.0 Å². The summed E-state index contributed by atoms with van der Waals surface area (Å²) in [6, 6.07) is 13.1. The van der Waals surface area contributed by atoms with E-state index in [0.29, 0.717) is 16.7 Å². The normalized spacial score (nSPS) is 11.9. The number of aliphatic carboxylic acids is 1. The van der Waals surface area contributed by atoms with E-state index in [9.17, 15) is 13.6 Å². The molecular weight excluding hydrogens is 332 g/mol. The van der Waals surface area contributed by atoms with Gasteiger partial charge in [0.1, 0.15) is 11.3 Å². The number of hydrogen-bond donors (Lipinski definition) is 1. The lowest BCUT2D eigenvalue weighted by Crippen LogP contribution is -2.03. The number of carboxylic acid groups (broad SMARTS) is 1. The van der Waals surface area contributed by atoms with Crippen LogP contribution >= 0.6 is 0 Å². The summed E-state index contributed by atoms with van der Waals surface area (Å²) in [6.45, 7) is -2.98. The van der Waals surface area contributed by atoms with Crippen molar-refractivity contribution in [3.05, 3.63) is 60.0 Å². The van der Waals surface area contributed by atoms with Crippen LogP contribution in [0, 0.1) is 0 Å². The first-order valence-corrected chi connectivity index (χ1v) is 7.35. The van der Waals surface area contributed by atoms with Gasteiger partial charge in [-0.25, -0.2) is 4.98 Å². The van der Waals surface area contributed by atoms with Gasteiger partial charge in [-0.1, -0.05) is 30.3 Å². The third-order valence-electron chi connectivity index (χ3n) is 3.38. The van der Waals surface area contributed by atoms with Crippen LogP contribution in [0.3, 0.4) is 0 Å². The maximum absolute atomic E-state index is 12.5. The molecule has 3 aromatic rings. The molecule has 1 N–H and O–H groups in total. The zero-order valence-corrected chi connectivity index (χ0v) is 12.9. The molecule has 25 heavy (non-hydrogen) atoms. The predicted octanol–water partition coefficient (Wildman–Crippen LogP) is 4.44. The minimum atomic E-state index is -2.98. The van der Waals surface area contributed by atoms with Crippen molar-refractivity contribution < 1.29 is 27.8 Å². The van der Waals surface area contributed by atoms with E-state index in [1.54, 1.807) is 42.5 Å². The Labute approximate surface area is 141 Å². The van der Waals surface area contributed by atoms with Gasteiger partial charge in [0.05, 0.1) is 6.42 Å². The number of para-hydroxylation sites is 3. The number of ether oxygens (including phenoxy) is 1. The van der Waals surface area contributed by atoms with E-state index in [2.05, 4.69) is 9.72 Å². The Morgan fingerprint density at radius 2 is 1.92 bits per heavy atom. The van der Waals surface area contributed by atoms with Crippen LogP contribution in [0.25, 0.3) is 22.7 Å². The minimum Gasteiger partial charge on any atom is -0.481 e. The molecule has 0 radical (unpaired) electrons. The van der Waals surface area contributed by atoms with E-state index >= 15 is 0 Å². The molecule has 0 saturated carbocycles. The van der Waals surface area contributed by atoms with Crippen molar-refractivity contribution in [2.24, 2.45) is 0 Å². The number of fused-ring (bicyclic) bond motifs is 1. The largest absolute Gasteiger partial charge is 0.481 e. The molecule has 7 heteroatoms. The quantitative estimate of drug-likeness (QED) is 0.715. The van der Waals surface area contributed by atoms with Crippen molar-refractivity contribution >= 4 is 28.7 Å². The van der Waals surface area contributed by atoms with E-state index in [1.165, 1.54) is 12.1 Å². The molecule has 0 aliphatic carbocycles. The third kappa shape index (κ3) is 4.00. The predicted molar refractivity (Wildman–Crippen MR) is 87.2 cm³/mol. The Bertz CT molecular complexity index is 900. The molecule has 1 heterocycles. The summed E-state index contributed by atoms with van der Waals surface area (Å²) in [5.74, 6) is -1.03. The second-order valence-corrected chi connectivity index (χ2v) is 5.14. The molecule has 0 atom stereocenters. The van der Waals surface area contributed by atoms with Crippen molar-refractivity contribution in [1.82, 2.24) is 4.98 Å². The summed E-state index contributed by atoms with van der Waals surface area (Å²) in [5.41, 5.74) is 1.63. The summed E-state index contributed by atoms with van der Waals surface area (Å²) in [6.07, 6.45) is 1.05. The molecule has 3 rings (SSSR count). The lowest BCUT2D eigenvalue weighted by Gasteiger charge is -2.08. The van der Waals surface area contributed by atoms with Gasteiger partial charge in [0.2, 0.25) is 5.89 Å². The minimum absolute atomic E-state index is 0.0588. The molecule has 0 amide bonds. The highest BCUT2D eigenvalue weighted by molar-refractivity contribution is 5.91. The van der Waals surface area contributed by atoms with E-state index in [-0.39, 0.29) is 23.6 Å². The molecule has 0 aliphatic rings. The third-order valence-corrected chi connectivity index (χ3v) is 3.38. The second kappa shape index (κ2) is 7.12. The highest BCUT2D eigenvalue weighted by Crippen LogP contribution is 2.29. The molecule has 0 saturated heterocycles. The second-order valence-electron chi connectivity index (χ2n) is 5.14. The van der Waals surface area contributed by atoms with Crippen molar-refractivity contribution in [3.63, 3.8) is 0 Å². The van der Waals surface area contributed by atoms with Crippen molar-refractivity contribution in [1.29, 1.82) is 0 Å². The van der Waals surface area contributed by atoms with Crippen LogP contribution in [0.5, 0.6) is 5.75 Å². The molecule has 0 unspecified atom stereocenters. The van der Waals surface area contributed by atoms with E-state index in [1.807, 2.05) is 0 Å². The molecular formula is C18H13F2NO4. The first-order chi connectivity index (χ1) is 12.0. The van der Waals surface area contributed by atoms with Crippen LogP contribution in [-0.4, -0.2) is 22.7 Å². The molecule has 2 aromatic carbocycles. The van der Waals surface area contributed by atoms with Gasteiger partial charge < -0.3 is 14.3 Å². The first kappa shape index (κ1) is 16.6. The zero-order valence-electron chi connectivity index (χ0n) is 12.9. The van der Waals surface area contributed by atoms with Crippen LogP contribution in [0.15, 0.2) is 52.9 Å². The number of rotatable bonds is 6. The Kier molecular flexibility index (Phi) is 4.74. The van der Waals surface area contributed by atoms with Gasteiger partial charge in [-0.05, 0) is 24.3 Å². The summed E-state index contributed by atoms with van der Waals surface area (Å²) >= 11 is 0. The summed E-state index contributed by atoms with van der Waals surface area (Å²) < 4.78 is 35.1. The van der Waals surface area contributed by atoms with Gasteiger partial charge in [0, 0.05) is 11.1 Å². The van der Waals surface area contributed by atoms with E-state index in [4.69, 9.17) is 9.52 Å². The maximum atomic E-state index is 12.5. The van der Waals surface area contributed by atoms with Gasteiger partial charge >= 0.3 is 12.6 Å². The molecule has 5 nitrogen and oxygen atoms in total. The average molecular weight is 345 g/mol. The molecule has 1 aromatic heterocycles. The summed E-state index contributed by atoms with van der Waals surface area (Å²) in [7, 11) is 0. The van der Waals surface area contributed by atoms with Crippen LogP contribution < -0.4 is 4.74 Å². The standard InChI is InChI=1S/C18H13F2NO4/c19-18(20)25-14-7-3-1-5-11(14)9-12(10-16(22)23)17-21-13-6-2-4-8-15(13)24-17/h1-9,18H,10H2,(H,22,23)/b12-9-. The van der Waals surface area contributed by atoms with Gasteiger partial charge in [-0.2, -0.15) is 8.78 Å². The molecule has 0 aliphatic heterocycles. The Balaban J connectivity index is 2.07. The van der Waals surface area contributed by atoms with E-state index in [0.717, 1.165) is 0 Å². The lowest BCUT2D eigenvalue weighted by atomic mass is 10.1. The van der Waals surface area contributed by atoms with Gasteiger partial charge in [-0.3, -0.25) is 4.79 Å². The SMILES string of the molecule is O=C(O)C/C(=C/c1ccccc1OC(F)F)c1nc2ccccc2o1. The van der Waals surface area contributed by atoms with Crippen molar-refractivity contribution in [2.75, 3.05) is 0 Å². The fourth-order valence-corrected chi connectivity index (χ4v) is 2.35. The van der Waals surface area contributed by atoms with Crippen LogP contribution in [0.4, 0.5) is 8.78 Å². The summed E-state index contributed by atoms with van der Waals surface area (Å²) in [5, 5.41) is 9.15. The van der Waals surface area contributed by atoms with Crippen molar-refractivity contribution in [3.8, 4) is 5.75 Å².